The minimum atomic E-state index is -0.913. The number of nitrogens with zero attached hydrogens (tertiary/aromatic N) is 2. The number of hydrogen-bond donors (Lipinski definition) is 1. The van der Waals surface area contributed by atoms with Crippen LogP contribution in [0.4, 0.5) is 9.18 Å². The smallest absolute Gasteiger partial charge is 0.325 e. The Morgan fingerprint density at radius 3 is 2.30 bits per heavy atom. The molecule has 0 spiro atoms. The van der Waals surface area contributed by atoms with Gasteiger partial charge in [-0.1, -0.05) is 26.0 Å². The quantitative estimate of drug-likeness (QED) is 0.529. The van der Waals surface area contributed by atoms with Crippen molar-refractivity contribution in [3.63, 3.8) is 0 Å². The predicted molar refractivity (Wildman–Crippen MR) is 112 cm³/mol. The Morgan fingerprint density at radius 2 is 1.73 bits per heavy atom. The lowest BCUT2D eigenvalue weighted by molar-refractivity contribution is -0.131. The lowest BCUT2D eigenvalue weighted by Gasteiger charge is -2.22. The maximum absolute atomic E-state index is 13.1. The van der Waals surface area contributed by atoms with Gasteiger partial charge in [0.2, 0.25) is 0 Å². The number of benzene rings is 1. The van der Waals surface area contributed by atoms with Crippen molar-refractivity contribution in [1.29, 1.82) is 0 Å². The lowest BCUT2D eigenvalue weighted by Crippen LogP contribution is -2.46. The number of urea groups is 1. The molecule has 0 atom stereocenters. The van der Waals surface area contributed by atoms with E-state index >= 15 is 0 Å². The van der Waals surface area contributed by atoms with Crippen LogP contribution in [0.25, 0.3) is 0 Å². The molecule has 0 bridgehead atoms. The maximum Gasteiger partial charge on any atom is 0.325 e. The molecule has 1 aromatic carbocycles. The van der Waals surface area contributed by atoms with Crippen LogP contribution in [0.15, 0.2) is 30.3 Å². The third kappa shape index (κ3) is 3.88. The Bertz CT molecular complexity index is 974. The third-order valence-electron chi connectivity index (χ3n) is 6.17. The van der Waals surface area contributed by atoms with Crippen molar-refractivity contribution in [2.24, 2.45) is 0 Å². The van der Waals surface area contributed by atoms with E-state index in [4.69, 9.17) is 0 Å². The van der Waals surface area contributed by atoms with Crippen molar-refractivity contribution in [3.8, 4) is 0 Å². The van der Waals surface area contributed by atoms with Crippen LogP contribution in [-0.4, -0.2) is 39.3 Å². The van der Waals surface area contributed by atoms with Crippen LogP contribution in [0, 0.1) is 19.7 Å². The summed E-state index contributed by atoms with van der Waals surface area (Å²) in [6.07, 6.45) is 1.67. The van der Waals surface area contributed by atoms with Gasteiger partial charge in [-0.25, -0.2) is 9.18 Å². The van der Waals surface area contributed by atoms with Crippen molar-refractivity contribution >= 4 is 17.7 Å². The zero-order chi connectivity index (χ0) is 22.1. The van der Waals surface area contributed by atoms with Crippen LogP contribution >= 0.6 is 0 Å². The first-order valence-electron chi connectivity index (χ1n) is 10.3. The van der Waals surface area contributed by atoms with E-state index in [1.165, 1.54) is 12.1 Å². The van der Waals surface area contributed by atoms with E-state index < -0.39 is 11.6 Å². The normalized spacial score (nSPS) is 15.6. The SMILES string of the molecule is CCC1(CC)NC(=O)N(CC(=O)c2cc(C)n(CCc3ccc(F)cc3)c2C)C1=O. The predicted octanol–water partition coefficient (Wildman–Crippen LogP) is 3.78. The van der Waals surface area contributed by atoms with Gasteiger partial charge in [-0.05, 0) is 56.9 Å². The summed E-state index contributed by atoms with van der Waals surface area (Å²) in [6, 6.07) is 7.66. The molecule has 160 valence electrons. The van der Waals surface area contributed by atoms with E-state index in [2.05, 4.69) is 5.32 Å². The number of halogens is 1. The lowest BCUT2D eigenvalue weighted by atomic mass is 9.93. The van der Waals surface area contributed by atoms with Gasteiger partial charge in [0.25, 0.3) is 5.91 Å². The number of rotatable bonds is 8. The highest BCUT2D eigenvalue weighted by Crippen LogP contribution is 2.26. The van der Waals surface area contributed by atoms with Gasteiger partial charge in [0.1, 0.15) is 11.4 Å². The van der Waals surface area contributed by atoms with Crippen molar-refractivity contribution in [2.45, 2.75) is 59.0 Å². The van der Waals surface area contributed by atoms with E-state index in [-0.39, 0.29) is 24.1 Å². The molecule has 3 rings (SSSR count). The van der Waals surface area contributed by atoms with E-state index in [0.29, 0.717) is 31.4 Å². The molecule has 6 nitrogen and oxygen atoms in total. The second-order valence-corrected chi connectivity index (χ2v) is 7.85. The minimum absolute atomic E-state index is 0.261. The number of amides is 3. The number of imide groups is 1. The Balaban J connectivity index is 1.74. The van der Waals surface area contributed by atoms with E-state index in [0.717, 1.165) is 21.9 Å². The summed E-state index contributed by atoms with van der Waals surface area (Å²) in [6.45, 7) is 7.85. The fraction of sp³-hybridized carbons (Fsp3) is 0.435. The Hall–Kier alpha value is -2.96. The second-order valence-electron chi connectivity index (χ2n) is 7.85. The monoisotopic (exact) mass is 413 g/mol. The first-order valence-corrected chi connectivity index (χ1v) is 10.3. The molecule has 7 heteroatoms. The summed E-state index contributed by atoms with van der Waals surface area (Å²) in [5.74, 6) is -0.866. The molecule has 3 amide bonds. The molecule has 2 heterocycles. The fourth-order valence-electron chi connectivity index (χ4n) is 4.10. The summed E-state index contributed by atoms with van der Waals surface area (Å²) >= 11 is 0. The van der Waals surface area contributed by atoms with Crippen LogP contribution in [0.5, 0.6) is 0 Å². The average Bonchev–Trinajstić information content (AvgIpc) is 3.15. The van der Waals surface area contributed by atoms with E-state index in [9.17, 15) is 18.8 Å². The van der Waals surface area contributed by atoms with Crippen LogP contribution in [0.3, 0.4) is 0 Å². The number of nitrogens with one attached hydrogen (secondary N) is 1. The zero-order valence-corrected chi connectivity index (χ0v) is 17.9. The third-order valence-corrected chi connectivity index (χ3v) is 6.17. The zero-order valence-electron chi connectivity index (χ0n) is 17.9. The number of aromatic nitrogens is 1. The first-order chi connectivity index (χ1) is 14.2. The highest BCUT2D eigenvalue weighted by Gasteiger charge is 2.49. The molecule has 1 fully saturated rings. The van der Waals surface area contributed by atoms with Crippen molar-refractivity contribution < 1.29 is 18.8 Å². The van der Waals surface area contributed by atoms with Crippen LogP contribution < -0.4 is 5.32 Å². The molecule has 0 saturated carbocycles. The molecule has 1 aromatic heterocycles. The topological polar surface area (TPSA) is 71.4 Å². The van der Waals surface area contributed by atoms with E-state index in [1.807, 2.05) is 32.3 Å². The van der Waals surface area contributed by atoms with Gasteiger partial charge in [0.15, 0.2) is 5.78 Å². The molecule has 0 unspecified atom stereocenters. The Morgan fingerprint density at radius 1 is 1.10 bits per heavy atom. The minimum Gasteiger partial charge on any atom is -0.348 e. The number of aryl methyl sites for hydroxylation is 2. The molecule has 1 N–H and O–H groups in total. The highest BCUT2D eigenvalue weighted by atomic mass is 19.1. The molecule has 0 radical (unpaired) electrons. The largest absolute Gasteiger partial charge is 0.348 e. The number of carbonyl (C=O) groups excluding carboxylic acids is 3. The summed E-state index contributed by atoms with van der Waals surface area (Å²) in [5, 5.41) is 2.75. The standard InChI is InChI=1S/C23H28FN3O3/c1-5-23(6-2)21(29)27(22(30)25-23)14-20(28)19-13-15(3)26(16(19)4)12-11-17-7-9-18(24)10-8-17/h7-10,13H,5-6,11-12,14H2,1-4H3,(H,25,30). The average molecular weight is 413 g/mol. The molecule has 1 saturated heterocycles. The van der Waals surface area contributed by atoms with Gasteiger partial charge in [0.05, 0.1) is 6.54 Å². The second kappa shape index (κ2) is 8.42. The summed E-state index contributed by atoms with van der Waals surface area (Å²) in [4.78, 5) is 39.1. The van der Waals surface area contributed by atoms with Gasteiger partial charge in [-0.2, -0.15) is 0 Å². The first kappa shape index (κ1) is 21.7. The molecular formula is C23H28FN3O3. The van der Waals surface area contributed by atoms with Crippen molar-refractivity contribution in [1.82, 2.24) is 14.8 Å². The van der Waals surface area contributed by atoms with Gasteiger partial charge in [-0.15, -0.1) is 0 Å². The molecule has 2 aromatic rings. The highest BCUT2D eigenvalue weighted by molar-refractivity contribution is 6.11. The van der Waals surface area contributed by atoms with Crippen LogP contribution in [0.1, 0.15) is 54.0 Å². The summed E-state index contributed by atoms with van der Waals surface area (Å²) in [7, 11) is 0. The van der Waals surface area contributed by atoms with E-state index in [1.54, 1.807) is 18.2 Å². The van der Waals surface area contributed by atoms with Crippen molar-refractivity contribution in [3.05, 3.63) is 58.7 Å². The van der Waals surface area contributed by atoms with Gasteiger partial charge < -0.3 is 9.88 Å². The summed E-state index contributed by atoms with van der Waals surface area (Å²) in [5.41, 5.74) is 2.32. The number of ketones is 1. The van der Waals surface area contributed by atoms with Gasteiger partial charge in [-0.3, -0.25) is 14.5 Å². The number of Topliss-reactive ketones (excluding diaryl/α,β-unsaturated/α-hetero) is 1. The van der Waals surface area contributed by atoms with Crippen molar-refractivity contribution in [2.75, 3.05) is 6.54 Å². The van der Waals surface area contributed by atoms with Crippen LogP contribution in [-0.2, 0) is 17.8 Å². The fourth-order valence-corrected chi connectivity index (χ4v) is 4.10. The molecule has 1 aliphatic rings. The van der Waals surface area contributed by atoms with Gasteiger partial charge >= 0.3 is 6.03 Å². The Labute approximate surface area is 176 Å². The van der Waals surface area contributed by atoms with Gasteiger partial charge in [0, 0.05) is 23.5 Å². The maximum atomic E-state index is 13.1. The Kier molecular flexibility index (Phi) is 6.10. The number of carbonyl (C=O) groups is 3. The molecular weight excluding hydrogens is 385 g/mol. The number of hydrogen-bond acceptors (Lipinski definition) is 3. The molecule has 30 heavy (non-hydrogen) atoms. The van der Waals surface area contributed by atoms with Crippen LogP contribution in [0.2, 0.25) is 0 Å². The molecule has 1 aliphatic heterocycles. The molecule has 0 aliphatic carbocycles. The summed E-state index contributed by atoms with van der Waals surface area (Å²) < 4.78 is 15.1.